The first kappa shape index (κ1) is 15.8. The predicted molar refractivity (Wildman–Crippen MR) is 105 cm³/mol. The van der Waals surface area contributed by atoms with Crippen LogP contribution in [0.5, 0.6) is 0 Å². The molecule has 0 radical (unpaired) electrons. The molecule has 5 rings (SSSR count). The second kappa shape index (κ2) is 6.36. The van der Waals surface area contributed by atoms with Crippen LogP contribution in [-0.2, 0) is 12.8 Å². The fraction of sp³-hybridized carbons (Fsp3) is 0.136. The number of aryl methyl sites for hydroxylation is 2. The summed E-state index contributed by atoms with van der Waals surface area (Å²) in [5.41, 5.74) is 6.48. The Balaban J connectivity index is 1.49. The third-order valence-electron chi connectivity index (χ3n) is 5.07. The van der Waals surface area contributed by atoms with Gasteiger partial charge in [0.05, 0.1) is 11.9 Å². The topological polar surface area (TPSA) is 59.3 Å². The molecule has 1 aliphatic carbocycles. The third kappa shape index (κ3) is 2.77. The van der Waals surface area contributed by atoms with E-state index in [1.165, 1.54) is 17.5 Å². The number of aromatic nitrogens is 3. The maximum atomic E-state index is 12.8. The van der Waals surface area contributed by atoms with Gasteiger partial charge in [-0.2, -0.15) is 5.10 Å². The number of carbonyl (C=O) groups excluding carboxylic acids is 1. The lowest BCUT2D eigenvalue weighted by atomic mass is 10.1. The van der Waals surface area contributed by atoms with Crippen LogP contribution < -0.4 is 5.32 Å². The van der Waals surface area contributed by atoms with Crippen LogP contribution in [0.1, 0.15) is 27.9 Å². The van der Waals surface area contributed by atoms with Gasteiger partial charge in [0.1, 0.15) is 5.56 Å². The molecular formula is C22H18N4O. The van der Waals surface area contributed by atoms with Crippen molar-refractivity contribution in [3.05, 3.63) is 83.7 Å². The van der Waals surface area contributed by atoms with Gasteiger partial charge in [-0.05, 0) is 48.6 Å². The zero-order valence-corrected chi connectivity index (χ0v) is 14.7. The zero-order chi connectivity index (χ0) is 18.2. The second-order valence-corrected chi connectivity index (χ2v) is 6.78. The number of nitrogens with one attached hydrogen (secondary N) is 1. The van der Waals surface area contributed by atoms with Gasteiger partial charge in [-0.25, -0.2) is 9.50 Å². The van der Waals surface area contributed by atoms with Crippen molar-refractivity contribution in [3.8, 4) is 11.3 Å². The van der Waals surface area contributed by atoms with E-state index in [9.17, 15) is 4.79 Å². The molecule has 0 spiro atoms. The van der Waals surface area contributed by atoms with Crippen LogP contribution in [0.4, 0.5) is 5.69 Å². The van der Waals surface area contributed by atoms with Crippen molar-refractivity contribution >= 4 is 17.2 Å². The van der Waals surface area contributed by atoms with Gasteiger partial charge < -0.3 is 5.32 Å². The smallest absolute Gasteiger partial charge is 0.261 e. The standard InChI is InChI=1S/C22H18N4O/c27-22(25-18-10-9-15-7-4-8-17(15)13-18)19-14-24-26-20(11-12-23-21(19)26)16-5-2-1-3-6-16/h1-3,5-6,9-14H,4,7-8H2,(H,25,27). The van der Waals surface area contributed by atoms with Gasteiger partial charge in [0.15, 0.2) is 5.65 Å². The van der Waals surface area contributed by atoms with Gasteiger partial charge in [0, 0.05) is 17.4 Å². The summed E-state index contributed by atoms with van der Waals surface area (Å²) in [5, 5.41) is 7.40. The lowest BCUT2D eigenvalue weighted by Crippen LogP contribution is -2.12. The van der Waals surface area contributed by atoms with Crippen molar-refractivity contribution in [3.63, 3.8) is 0 Å². The first-order chi connectivity index (χ1) is 13.3. The SMILES string of the molecule is O=C(Nc1ccc2c(c1)CCC2)c1cnn2c(-c3ccccc3)ccnc12. The molecule has 0 bridgehead atoms. The summed E-state index contributed by atoms with van der Waals surface area (Å²) in [6, 6.07) is 18.0. The Morgan fingerprint density at radius 3 is 2.74 bits per heavy atom. The summed E-state index contributed by atoms with van der Waals surface area (Å²) >= 11 is 0. The Kier molecular flexibility index (Phi) is 3.71. The summed E-state index contributed by atoms with van der Waals surface area (Å²) in [7, 11) is 0. The molecule has 1 amide bonds. The van der Waals surface area contributed by atoms with Crippen molar-refractivity contribution in [2.24, 2.45) is 0 Å². The minimum Gasteiger partial charge on any atom is -0.322 e. The van der Waals surface area contributed by atoms with E-state index in [-0.39, 0.29) is 5.91 Å². The normalized spacial score (nSPS) is 12.9. The quantitative estimate of drug-likeness (QED) is 0.602. The lowest BCUT2D eigenvalue weighted by molar-refractivity contribution is 0.102. The third-order valence-corrected chi connectivity index (χ3v) is 5.07. The number of carbonyl (C=O) groups is 1. The summed E-state index contributed by atoms with van der Waals surface area (Å²) in [5.74, 6) is -0.194. The van der Waals surface area contributed by atoms with E-state index in [2.05, 4.69) is 27.5 Å². The van der Waals surface area contributed by atoms with Gasteiger partial charge in [-0.1, -0.05) is 36.4 Å². The average Bonchev–Trinajstić information content (AvgIpc) is 3.35. The number of anilines is 1. The maximum Gasteiger partial charge on any atom is 0.261 e. The van der Waals surface area contributed by atoms with Crippen molar-refractivity contribution < 1.29 is 4.79 Å². The molecule has 0 fully saturated rings. The number of fused-ring (bicyclic) bond motifs is 2. The molecule has 0 aliphatic heterocycles. The first-order valence-electron chi connectivity index (χ1n) is 9.11. The van der Waals surface area contributed by atoms with Crippen LogP contribution in [0.2, 0.25) is 0 Å². The van der Waals surface area contributed by atoms with Gasteiger partial charge in [0.25, 0.3) is 5.91 Å². The molecule has 2 aromatic heterocycles. The number of amides is 1. The average molecular weight is 354 g/mol. The number of benzene rings is 2. The van der Waals surface area contributed by atoms with E-state index in [0.717, 1.165) is 29.8 Å². The molecule has 5 nitrogen and oxygen atoms in total. The maximum absolute atomic E-state index is 12.8. The van der Waals surface area contributed by atoms with Crippen molar-refractivity contribution in [1.82, 2.24) is 14.6 Å². The Hall–Kier alpha value is -3.47. The lowest BCUT2D eigenvalue weighted by Gasteiger charge is -2.07. The van der Waals surface area contributed by atoms with E-state index in [0.29, 0.717) is 11.2 Å². The zero-order valence-electron chi connectivity index (χ0n) is 14.7. The van der Waals surface area contributed by atoms with Crippen molar-refractivity contribution in [1.29, 1.82) is 0 Å². The minimum atomic E-state index is -0.194. The molecule has 2 aromatic carbocycles. The van der Waals surface area contributed by atoms with Crippen LogP contribution in [0.25, 0.3) is 16.9 Å². The molecule has 5 heteroatoms. The fourth-order valence-corrected chi connectivity index (χ4v) is 3.73. The fourth-order valence-electron chi connectivity index (χ4n) is 3.73. The van der Waals surface area contributed by atoms with E-state index in [1.807, 2.05) is 42.5 Å². The van der Waals surface area contributed by atoms with Crippen LogP contribution in [0.15, 0.2) is 67.0 Å². The highest BCUT2D eigenvalue weighted by Crippen LogP contribution is 2.26. The Morgan fingerprint density at radius 1 is 1.00 bits per heavy atom. The minimum absolute atomic E-state index is 0.194. The summed E-state index contributed by atoms with van der Waals surface area (Å²) in [4.78, 5) is 17.2. The molecule has 1 N–H and O–H groups in total. The number of nitrogens with zero attached hydrogens (tertiary/aromatic N) is 3. The Morgan fingerprint density at radius 2 is 1.85 bits per heavy atom. The van der Waals surface area contributed by atoms with Crippen molar-refractivity contribution in [2.75, 3.05) is 5.32 Å². The Labute approximate surface area is 156 Å². The molecule has 132 valence electrons. The molecule has 2 heterocycles. The van der Waals surface area contributed by atoms with Gasteiger partial charge in [-0.15, -0.1) is 0 Å². The second-order valence-electron chi connectivity index (χ2n) is 6.78. The predicted octanol–water partition coefficient (Wildman–Crippen LogP) is 4.14. The largest absolute Gasteiger partial charge is 0.322 e. The van der Waals surface area contributed by atoms with Gasteiger partial charge in [0.2, 0.25) is 0 Å². The summed E-state index contributed by atoms with van der Waals surface area (Å²) in [6.45, 7) is 0. The van der Waals surface area contributed by atoms with Crippen molar-refractivity contribution in [2.45, 2.75) is 19.3 Å². The Bertz CT molecular complexity index is 1150. The highest BCUT2D eigenvalue weighted by Gasteiger charge is 2.17. The number of hydrogen-bond donors (Lipinski definition) is 1. The van der Waals surface area contributed by atoms with E-state index in [1.54, 1.807) is 16.9 Å². The van der Waals surface area contributed by atoms with E-state index in [4.69, 9.17) is 0 Å². The van der Waals surface area contributed by atoms with Crippen LogP contribution >= 0.6 is 0 Å². The van der Waals surface area contributed by atoms with Crippen LogP contribution in [0.3, 0.4) is 0 Å². The van der Waals surface area contributed by atoms with Gasteiger partial charge in [-0.3, -0.25) is 4.79 Å². The number of hydrogen-bond acceptors (Lipinski definition) is 3. The monoisotopic (exact) mass is 354 g/mol. The van der Waals surface area contributed by atoms with Crippen LogP contribution in [0, 0.1) is 0 Å². The molecule has 0 unspecified atom stereocenters. The van der Waals surface area contributed by atoms with E-state index >= 15 is 0 Å². The first-order valence-corrected chi connectivity index (χ1v) is 9.11. The summed E-state index contributed by atoms with van der Waals surface area (Å²) in [6.07, 6.45) is 6.69. The highest BCUT2D eigenvalue weighted by atomic mass is 16.1. The molecule has 0 atom stereocenters. The molecule has 27 heavy (non-hydrogen) atoms. The molecule has 0 saturated heterocycles. The van der Waals surface area contributed by atoms with E-state index < -0.39 is 0 Å². The molecule has 4 aromatic rings. The molecule has 0 saturated carbocycles. The summed E-state index contributed by atoms with van der Waals surface area (Å²) < 4.78 is 1.72. The molecular weight excluding hydrogens is 336 g/mol. The molecule has 1 aliphatic rings. The highest BCUT2D eigenvalue weighted by molar-refractivity contribution is 6.08. The number of rotatable bonds is 3. The van der Waals surface area contributed by atoms with Crippen LogP contribution in [-0.4, -0.2) is 20.5 Å². The van der Waals surface area contributed by atoms with Gasteiger partial charge >= 0.3 is 0 Å².